The van der Waals surface area contributed by atoms with E-state index in [0.717, 1.165) is 0 Å². The number of aromatic nitrogens is 2. The van der Waals surface area contributed by atoms with Crippen molar-refractivity contribution in [3.63, 3.8) is 0 Å². The minimum atomic E-state index is 0.297. The fourth-order valence-corrected chi connectivity index (χ4v) is 0.770. The molecule has 0 aromatic carbocycles. The maximum Gasteiger partial charge on any atom is 0.213 e. The van der Waals surface area contributed by atoms with Crippen LogP contribution in [-0.2, 0) is 6.42 Å². The molecule has 0 atom stereocenters. The van der Waals surface area contributed by atoms with E-state index in [-0.39, 0.29) is 0 Å². The normalized spacial score (nSPS) is 12.4. The molecule has 0 amide bonds. The summed E-state index contributed by atoms with van der Waals surface area (Å²) in [6.45, 7) is 4.63. The molecule has 0 unspecified atom stereocenters. The lowest BCUT2D eigenvalue weighted by atomic mass is 10.2. The Kier molecular flexibility index (Phi) is 3.42. The zero-order valence-corrected chi connectivity index (χ0v) is 7.90. The van der Waals surface area contributed by atoms with Crippen molar-refractivity contribution in [2.45, 2.75) is 20.3 Å². The number of aliphatic imine (C=N–C) groups is 1. The Morgan fingerprint density at radius 2 is 2.46 bits per heavy atom. The van der Waals surface area contributed by atoms with Crippen LogP contribution in [0.5, 0.6) is 0 Å². The highest BCUT2D eigenvalue weighted by molar-refractivity contribution is 5.82. The second-order valence-electron chi connectivity index (χ2n) is 3.06. The first-order valence-corrected chi connectivity index (χ1v) is 4.25. The van der Waals surface area contributed by atoms with Crippen LogP contribution in [-0.4, -0.2) is 22.5 Å². The second kappa shape index (κ2) is 4.59. The van der Waals surface area contributed by atoms with E-state index < -0.39 is 0 Å². The molecule has 0 saturated carbocycles. The van der Waals surface area contributed by atoms with Crippen molar-refractivity contribution < 1.29 is 4.52 Å². The van der Waals surface area contributed by atoms with Gasteiger partial charge >= 0.3 is 0 Å². The summed E-state index contributed by atoms with van der Waals surface area (Å²) in [7, 11) is 0. The van der Waals surface area contributed by atoms with Crippen molar-refractivity contribution in [3.05, 3.63) is 12.2 Å². The average molecular weight is 182 g/mol. The van der Waals surface area contributed by atoms with E-state index in [9.17, 15) is 0 Å². The molecule has 1 rings (SSSR count). The Bertz CT molecular complexity index is 266. The van der Waals surface area contributed by atoms with E-state index in [4.69, 9.17) is 5.73 Å². The largest absolute Gasteiger partial charge is 0.387 e. The molecule has 0 radical (unpaired) electrons. The molecule has 1 aromatic rings. The lowest BCUT2D eigenvalue weighted by molar-refractivity contribution is 0.410. The maximum atomic E-state index is 5.64. The van der Waals surface area contributed by atoms with Gasteiger partial charge < -0.3 is 10.3 Å². The van der Waals surface area contributed by atoms with E-state index in [1.807, 2.05) is 13.8 Å². The van der Waals surface area contributed by atoms with Crippen LogP contribution in [0, 0.1) is 5.92 Å². The van der Waals surface area contributed by atoms with Crippen molar-refractivity contribution in [2.24, 2.45) is 16.6 Å². The van der Waals surface area contributed by atoms with Gasteiger partial charge in [0.2, 0.25) is 6.39 Å². The molecule has 1 aromatic heterocycles. The quantitative estimate of drug-likeness (QED) is 0.547. The Morgan fingerprint density at radius 3 is 3.00 bits per heavy atom. The number of rotatable bonds is 4. The third kappa shape index (κ3) is 3.23. The van der Waals surface area contributed by atoms with Crippen molar-refractivity contribution in [2.75, 3.05) is 6.54 Å². The summed E-state index contributed by atoms with van der Waals surface area (Å²) in [5.41, 5.74) is 5.64. The molecule has 72 valence electrons. The molecule has 5 nitrogen and oxygen atoms in total. The first kappa shape index (κ1) is 9.70. The van der Waals surface area contributed by atoms with Gasteiger partial charge in [0, 0.05) is 18.9 Å². The molecule has 2 N–H and O–H groups in total. The van der Waals surface area contributed by atoms with Gasteiger partial charge in [0.15, 0.2) is 5.82 Å². The van der Waals surface area contributed by atoms with Gasteiger partial charge in [0.25, 0.3) is 0 Å². The summed E-state index contributed by atoms with van der Waals surface area (Å²) < 4.78 is 4.58. The molecule has 0 aliphatic carbocycles. The fourth-order valence-electron chi connectivity index (χ4n) is 0.770. The van der Waals surface area contributed by atoms with Crippen molar-refractivity contribution in [1.82, 2.24) is 10.1 Å². The topological polar surface area (TPSA) is 77.3 Å². The second-order valence-corrected chi connectivity index (χ2v) is 3.06. The van der Waals surface area contributed by atoms with Crippen LogP contribution in [0.15, 0.2) is 15.9 Å². The molecule has 0 aliphatic heterocycles. The minimum Gasteiger partial charge on any atom is -0.387 e. The van der Waals surface area contributed by atoms with E-state index in [1.165, 1.54) is 6.39 Å². The highest BCUT2D eigenvalue weighted by Gasteiger charge is 1.99. The summed E-state index contributed by atoms with van der Waals surface area (Å²) in [6.07, 6.45) is 1.98. The Morgan fingerprint density at radius 1 is 1.69 bits per heavy atom. The molecular formula is C8H14N4O. The first-order chi connectivity index (χ1) is 6.20. The number of nitrogens with zero attached hydrogens (tertiary/aromatic N) is 3. The Balaban J connectivity index is 2.32. The molecule has 13 heavy (non-hydrogen) atoms. The van der Waals surface area contributed by atoms with Gasteiger partial charge in [-0.05, 0) is 0 Å². The van der Waals surface area contributed by atoms with Crippen LogP contribution in [0.2, 0.25) is 0 Å². The van der Waals surface area contributed by atoms with Gasteiger partial charge in [0.1, 0.15) is 0 Å². The summed E-state index contributed by atoms with van der Waals surface area (Å²) in [6, 6.07) is 0. The molecule has 0 spiro atoms. The first-order valence-electron chi connectivity index (χ1n) is 4.25. The predicted octanol–water partition coefficient (Wildman–Crippen LogP) is 0.625. The molecular weight excluding hydrogens is 168 g/mol. The van der Waals surface area contributed by atoms with Crippen LogP contribution in [0.1, 0.15) is 19.7 Å². The highest BCUT2D eigenvalue weighted by Crippen LogP contribution is 1.94. The Labute approximate surface area is 77.0 Å². The predicted molar refractivity (Wildman–Crippen MR) is 49.3 cm³/mol. The number of hydrogen-bond donors (Lipinski definition) is 1. The third-order valence-corrected chi connectivity index (χ3v) is 1.63. The summed E-state index contributed by atoms with van der Waals surface area (Å²) in [5, 5.41) is 3.66. The summed E-state index contributed by atoms with van der Waals surface area (Å²) >= 11 is 0. The smallest absolute Gasteiger partial charge is 0.213 e. The van der Waals surface area contributed by atoms with Crippen LogP contribution < -0.4 is 5.73 Å². The SMILES string of the molecule is CC(C)C(N)=NCCc1ncon1. The molecule has 1 heterocycles. The molecule has 5 heteroatoms. The fraction of sp³-hybridized carbons (Fsp3) is 0.625. The van der Waals surface area contributed by atoms with Crippen molar-refractivity contribution in [3.8, 4) is 0 Å². The van der Waals surface area contributed by atoms with Crippen LogP contribution in [0.25, 0.3) is 0 Å². The molecule has 0 bridgehead atoms. The van der Waals surface area contributed by atoms with E-state index in [1.54, 1.807) is 0 Å². The standard InChI is InChI=1S/C8H14N4O/c1-6(2)8(9)10-4-3-7-11-5-13-12-7/h5-6H,3-4H2,1-2H3,(H2,9,10). The van der Waals surface area contributed by atoms with E-state index in [2.05, 4.69) is 19.7 Å². The van der Waals surface area contributed by atoms with Gasteiger partial charge in [-0.15, -0.1) is 0 Å². The monoisotopic (exact) mass is 182 g/mol. The third-order valence-electron chi connectivity index (χ3n) is 1.63. The van der Waals surface area contributed by atoms with Crippen molar-refractivity contribution >= 4 is 5.84 Å². The van der Waals surface area contributed by atoms with Gasteiger partial charge in [-0.3, -0.25) is 4.99 Å². The lowest BCUT2D eigenvalue weighted by Gasteiger charge is -2.02. The van der Waals surface area contributed by atoms with Gasteiger partial charge in [0.05, 0.1) is 5.84 Å². The average Bonchev–Trinajstić information content (AvgIpc) is 2.56. The lowest BCUT2D eigenvalue weighted by Crippen LogP contribution is -2.19. The van der Waals surface area contributed by atoms with Gasteiger partial charge in [-0.1, -0.05) is 19.0 Å². The zero-order valence-electron chi connectivity index (χ0n) is 7.90. The Hall–Kier alpha value is -1.39. The maximum absolute atomic E-state index is 5.64. The van der Waals surface area contributed by atoms with Gasteiger partial charge in [-0.2, -0.15) is 4.98 Å². The van der Waals surface area contributed by atoms with E-state index >= 15 is 0 Å². The summed E-state index contributed by atoms with van der Waals surface area (Å²) in [4.78, 5) is 8.04. The van der Waals surface area contributed by atoms with Crippen LogP contribution in [0.4, 0.5) is 0 Å². The zero-order chi connectivity index (χ0) is 9.68. The van der Waals surface area contributed by atoms with E-state index in [0.29, 0.717) is 30.5 Å². The number of hydrogen-bond acceptors (Lipinski definition) is 4. The molecule has 0 fully saturated rings. The molecule has 0 aliphatic rings. The summed E-state index contributed by atoms with van der Waals surface area (Å²) in [5.74, 6) is 1.63. The van der Waals surface area contributed by atoms with Gasteiger partial charge in [-0.25, -0.2) is 0 Å². The van der Waals surface area contributed by atoms with Crippen LogP contribution >= 0.6 is 0 Å². The molecule has 0 saturated heterocycles. The van der Waals surface area contributed by atoms with Crippen LogP contribution in [0.3, 0.4) is 0 Å². The number of nitrogens with two attached hydrogens (primary N) is 1. The minimum absolute atomic E-state index is 0.297. The number of amidine groups is 1. The van der Waals surface area contributed by atoms with Crippen molar-refractivity contribution in [1.29, 1.82) is 0 Å². The highest BCUT2D eigenvalue weighted by atomic mass is 16.5.